The van der Waals surface area contributed by atoms with Crippen molar-refractivity contribution in [3.63, 3.8) is 0 Å². The number of esters is 3. The van der Waals surface area contributed by atoms with Crippen molar-refractivity contribution in [2.24, 2.45) is 34.0 Å². The summed E-state index contributed by atoms with van der Waals surface area (Å²) in [5.74, 6) is -2.74. The summed E-state index contributed by atoms with van der Waals surface area (Å²) in [4.78, 5) is 37.1. The average Bonchev–Trinajstić information content (AvgIpc) is 2.88. The van der Waals surface area contributed by atoms with Crippen molar-refractivity contribution < 1.29 is 38.8 Å². The van der Waals surface area contributed by atoms with Gasteiger partial charge >= 0.3 is 17.9 Å². The van der Waals surface area contributed by atoms with Gasteiger partial charge in [0.2, 0.25) is 0 Å². The van der Waals surface area contributed by atoms with Crippen LogP contribution in [-0.4, -0.2) is 59.6 Å². The summed E-state index contributed by atoms with van der Waals surface area (Å²) in [5, 5.41) is 22.7. The number of fused-ring (bicyclic) bond motifs is 2. The van der Waals surface area contributed by atoms with E-state index in [1.807, 2.05) is 0 Å². The van der Waals surface area contributed by atoms with E-state index in [0.29, 0.717) is 31.3 Å². The summed E-state index contributed by atoms with van der Waals surface area (Å²) < 4.78 is 17.1. The lowest BCUT2D eigenvalue weighted by Gasteiger charge is -2.64. The molecule has 0 amide bonds. The molecule has 0 radical (unpaired) electrons. The molecule has 2 N–H and O–H groups in total. The third kappa shape index (κ3) is 3.05. The molecule has 0 aromatic heterocycles. The maximum atomic E-state index is 13.3. The van der Waals surface area contributed by atoms with Gasteiger partial charge in [0.15, 0.2) is 0 Å². The van der Waals surface area contributed by atoms with Crippen LogP contribution in [0, 0.1) is 34.0 Å². The molecule has 0 aromatic rings. The van der Waals surface area contributed by atoms with E-state index in [4.69, 9.17) is 14.2 Å². The number of ether oxygens (including phenoxy) is 3. The molecule has 3 saturated carbocycles. The number of aliphatic hydroxyl groups excluding tert-OH is 2. The Kier molecular flexibility index (Phi) is 5.48. The summed E-state index contributed by atoms with van der Waals surface area (Å²) in [7, 11) is 0. The quantitative estimate of drug-likeness (QED) is 0.379. The van der Waals surface area contributed by atoms with Gasteiger partial charge in [0, 0.05) is 25.7 Å². The fourth-order valence-electron chi connectivity index (χ4n) is 7.54. The maximum Gasteiger partial charge on any atom is 0.315 e. The van der Waals surface area contributed by atoms with Crippen molar-refractivity contribution >= 4 is 17.9 Å². The van der Waals surface area contributed by atoms with Crippen LogP contribution in [-0.2, 0) is 28.6 Å². The van der Waals surface area contributed by atoms with Crippen molar-refractivity contribution in [2.75, 3.05) is 13.2 Å². The highest BCUT2D eigenvalue weighted by Gasteiger charge is 2.76. The SMILES string of the molecule is C=C1C2CC(O)C3C(C2)(C(=O)OCC32C(OC(C)=O)CCC(C)(C)C2COC(C)=O)C1O. The molecular formula is C24H34O8. The third-order valence-electron chi connectivity index (χ3n) is 8.83. The minimum atomic E-state index is -1.36. The molecule has 1 aliphatic heterocycles. The molecule has 4 rings (SSSR count). The molecule has 2 spiro atoms. The van der Waals surface area contributed by atoms with Crippen LogP contribution in [0.3, 0.4) is 0 Å². The van der Waals surface area contributed by atoms with E-state index in [9.17, 15) is 24.6 Å². The van der Waals surface area contributed by atoms with Gasteiger partial charge < -0.3 is 24.4 Å². The Morgan fingerprint density at radius 2 is 1.91 bits per heavy atom. The van der Waals surface area contributed by atoms with Crippen LogP contribution in [0.4, 0.5) is 0 Å². The summed E-state index contributed by atoms with van der Waals surface area (Å²) in [6.07, 6.45) is -0.830. The first-order valence-corrected chi connectivity index (χ1v) is 11.4. The monoisotopic (exact) mass is 450 g/mol. The van der Waals surface area contributed by atoms with Crippen molar-refractivity contribution in [1.29, 1.82) is 0 Å². The Hall–Kier alpha value is -1.93. The highest BCUT2D eigenvalue weighted by Crippen LogP contribution is 2.69. The zero-order chi connectivity index (χ0) is 23.6. The maximum absolute atomic E-state index is 13.3. The summed E-state index contributed by atoms with van der Waals surface area (Å²) in [5.41, 5.74) is -2.21. The summed E-state index contributed by atoms with van der Waals surface area (Å²) in [6.45, 7) is 10.8. The van der Waals surface area contributed by atoms with Crippen molar-refractivity contribution in [1.82, 2.24) is 0 Å². The number of carbonyl (C=O) groups excluding carboxylic acids is 3. The molecule has 8 unspecified atom stereocenters. The van der Waals surface area contributed by atoms with Gasteiger partial charge in [-0.2, -0.15) is 0 Å². The predicted molar refractivity (Wildman–Crippen MR) is 112 cm³/mol. The van der Waals surface area contributed by atoms with E-state index >= 15 is 0 Å². The van der Waals surface area contributed by atoms with Crippen LogP contribution >= 0.6 is 0 Å². The van der Waals surface area contributed by atoms with Gasteiger partial charge in [-0.25, -0.2) is 0 Å². The second kappa shape index (κ2) is 7.55. The standard InChI is InChI=1S/C24H34O8/c1-12-15-8-16(27)19-23(9-15,20(12)28)21(29)31-11-24(19)17(10-30-13(2)25)22(4,5)7-6-18(24)32-14(3)26/h15-20,27-28H,1,6-11H2,2-5H3. The largest absolute Gasteiger partial charge is 0.466 e. The second-order valence-electron chi connectivity index (χ2n) is 10.9. The number of aliphatic hydroxyl groups is 2. The van der Waals surface area contributed by atoms with Crippen LogP contribution in [0.5, 0.6) is 0 Å². The average molecular weight is 451 g/mol. The number of hydrogen-bond donors (Lipinski definition) is 2. The smallest absolute Gasteiger partial charge is 0.315 e. The van der Waals surface area contributed by atoms with E-state index in [1.54, 1.807) is 0 Å². The molecule has 4 fully saturated rings. The zero-order valence-corrected chi connectivity index (χ0v) is 19.3. The van der Waals surface area contributed by atoms with Crippen LogP contribution in [0.1, 0.15) is 53.4 Å². The molecular weight excluding hydrogens is 416 g/mol. The molecule has 8 nitrogen and oxygen atoms in total. The molecule has 8 heteroatoms. The van der Waals surface area contributed by atoms with Crippen LogP contribution < -0.4 is 0 Å². The number of rotatable bonds is 3. The van der Waals surface area contributed by atoms with Gasteiger partial charge in [-0.1, -0.05) is 20.4 Å². The molecule has 2 bridgehead atoms. The lowest BCUT2D eigenvalue weighted by atomic mass is 9.43. The Bertz CT molecular complexity index is 849. The van der Waals surface area contributed by atoms with E-state index in [2.05, 4.69) is 20.4 Å². The molecule has 8 atom stereocenters. The molecule has 178 valence electrons. The first-order chi connectivity index (χ1) is 14.9. The fourth-order valence-corrected chi connectivity index (χ4v) is 7.54. The van der Waals surface area contributed by atoms with E-state index in [1.165, 1.54) is 13.8 Å². The van der Waals surface area contributed by atoms with Gasteiger partial charge in [0.05, 0.1) is 24.2 Å². The second-order valence-corrected chi connectivity index (χ2v) is 10.9. The molecule has 1 heterocycles. The van der Waals surface area contributed by atoms with Crippen LogP contribution in [0.15, 0.2) is 12.2 Å². The first kappa shape index (κ1) is 23.2. The third-order valence-corrected chi connectivity index (χ3v) is 8.83. The zero-order valence-electron chi connectivity index (χ0n) is 19.3. The van der Waals surface area contributed by atoms with Crippen LogP contribution in [0.2, 0.25) is 0 Å². The molecule has 0 aromatic carbocycles. The van der Waals surface area contributed by atoms with Crippen molar-refractivity contribution in [2.45, 2.75) is 71.7 Å². The van der Waals surface area contributed by atoms with Gasteiger partial charge in [-0.3, -0.25) is 14.4 Å². The van der Waals surface area contributed by atoms with Gasteiger partial charge in [0.1, 0.15) is 18.1 Å². The van der Waals surface area contributed by atoms with Gasteiger partial charge in [0.25, 0.3) is 0 Å². The highest BCUT2D eigenvalue weighted by atomic mass is 16.6. The van der Waals surface area contributed by atoms with E-state index in [-0.39, 0.29) is 30.5 Å². The normalized spacial score (nSPS) is 44.6. The lowest BCUT2D eigenvalue weighted by Crippen LogP contribution is -2.72. The Labute approximate surface area is 188 Å². The van der Waals surface area contributed by atoms with Crippen LogP contribution in [0.25, 0.3) is 0 Å². The minimum Gasteiger partial charge on any atom is -0.466 e. The van der Waals surface area contributed by atoms with Crippen molar-refractivity contribution in [3.05, 3.63) is 12.2 Å². The molecule has 3 aliphatic carbocycles. The molecule has 4 aliphatic rings. The van der Waals surface area contributed by atoms with Crippen molar-refractivity contribution in [3.8, 4) is 0 Å². The topological polar surface area (TPSA) is 119 Å². The van der Waals surface area contributed by atoms with Gasteiger partial charge in [-0.15, -0.1) is 0 Å². The number of cyclic esters (lactones) is 1. The van der Waals surface area contributed by atoms with E-state index in [0.717, 1.165) is 0 Å². The van der Waals surface area contributed by atoms with E-state index < -0.39 is 53.0 Å². The van der Waals surface area contributed by atoms with Gasteiger partial charge in [-0.05, 0) is 42.6 Å². The Balaban J connectivity index is 1.92. The number of carbonyl (C=O) groups is 3. The minimum absolute atomic E-state index is 0.0391. The Morgan fingerprint density at radius 3 is 2.53 bits per heavy atom. The Morgan fingerprint density at radius 1 is 1.22 bits per heavy atom. The lowest BCUT2D eigenvalue weighted by molar-refractivity contribution is -0.275. The highest BCUT2D eigenvalue weighted by molar-refractivity contribution is 5.81. The molecule has 1 saturated heterocycles. The predicted octanol–water partition coefficient (Wildman–Crippen LogP) is 1.76. The summed E-state index contributed by atoms with van der Waals surface area (Å²) >= 11 is 0. The fraction of sp³-hybridized carbons (Fsp3) is 0.792. The first-order valence-electron chi connectivity index (χ1n) is 11.4. The summed E-state index contributed by atoms with van der Waals surface area (Å²) in [6, 6.07) is 0. The molecule has 32 heavy (non-hydrogen) atoms. The number of hydrogen-bond acceptors (Lipinski definition) is 8.